The van der Waals surface area contributed by atoms with E-state index in [2.05, 4.69) is 18.9 Å². The maximum Gasteiger partial charge on any atom is 0.138 e. The highest BCUT2D eigenvalue weighted by molar-refractivity contribution is 5.80. The van der Waals surface area contributed by atoms with Gasteiger partial charge in [-0.25, -0.2) is 0 Å². The van der Waals surface area contributed by atoms with Gasteiger partial charge in [0, 0.05) is 12.6 Å². The van der Waals surface area contributed by atoms with Crippen LogP contribution >= 0.6 is 0 Å². The van der Waals surface area contributed by atoms with E-state index in [0.717, 1.165) is 37.8 Å². The second kappa shape index (κ2) is 8.86. The predicted octanol–water partition coefficient (Wildman–Crippen LogP) is 2.87. The molecule has 0 radical (unpaired) electrons. The summed E-state index contributed by atoms with van der Waals surface area (Å²) < 4.78 is 2.00. The summed E-state index contributed by atoms with van der Waals surface area (Å²) >= 11 is 0. The monoisotopic (exact) mass is 265 g/mol. The molecule has 0 amide bonds. The third-order valence-electron chi connectivity index (χ3n) is 3.52. The van der Waals surface area contributed by atoms with E-state index in [4.69, 9.17) is 5.73 Å². The smallest absolute Gasteiger partial charge is 0.138 e. The Balaban J connectivity index is 2.38. The lowest BCUT2D eigenvalue weighted by Gasteiger charge is -2.12. The molecule has 0 aliphatic carbocycles. The highest BCUT2D eigenvalue weighted by Crippen LogP contribution is 2.15. The van der Waals surface area contributed by atoms with Gasteiger partial charge in [-0.1, -0.05) is 20.3 Å². The Morgan fingerprint density at radius 1 is 1.32 bits per heavy atom. The van der Waals surface area contributed by atoms with Gasteiger partial charge >= 0.3 is 0 Å². The molecule has 0 aliphatic rings. The van der Waals surface area contributed by atoms with Gasteiger partial charge in [0.2, 0.25) is 0 Å². The average Bonchev–Trinajstić information content (AvgIpc) is 2.84. The highest BCUT2D eigenvalue weighted by Gasteiger charge is 2.10. The van der Waals surface area contributed by atoms with Crippen LogP contribution in [0.1, 0.15) is 64.1 Å². The van der Waals surface area contributed by atoms with E-state index >= 15 is 0 Å². The lowest BCUT2D eigenvalue weighted by molar-refractivity contribution is -0.118. The minimum atomic E-state index is 0.284. The molecule has 4 nitrogen and oxygen atoms in total. The number of Topliss-reactive ketones (excluding diaryl/α,β-unsaturated/α-hetero) is 1. The van der Waals surface area contributed by atoms with Crippen molar-refractivity contribution in [1.82, 2.24) is 9.78 Å². The summed E-state index contributed by atoms with van der Waals surface area (Å²) in [5.41, 5.74) is 6.33. The molecule has 0 unspecified atom stereocenters. The van der Waals surface area contributed by atoms with E-state index in [1.807, 2.05) is 16.9 Å². The van der Waals surface area contributed by atoms with E-state index in [0.29, 0.717) is 25.4 Å². The summed E-state index contributed by atoms with van der Waals surface area (Å²) in [4.78, 5) is 11.8. The van der Waals surface area contributed by atoms with Crippen LogP contribution in [-0.2, 0) is 11.2 Å². The van der Waals surface area contributed by atoms with Crippen LogP contribution in [0.4, 0.5) is 0 Å². The van der Waals surface area contributed by atoms with Gasteiger partial charge in [0.25, 0.3) is 0 Å². The number of carbonyl (C=O) groups excluding carboxylic acids is 1. The van der Waals surface area contributed by atoms with Gasteiger partial charge in [-0.15, -0.1) is 0 Å². The Morgan fingerprint density at radius 2 is 2.05 bits per heavy atom. The summed E-state index contributed by atoms with van der Waals surface area (Å²) in [5, 5.41) is 4.51. The van der Waals surface area contributed by atoms with Crippen LogP contribution in [-0.4, -0.2) is 22.1 Å². The van der Waals surface area contributed by atoms with Crippen LogP contribution in [0, 0.1) is 0 Å². The molecule has 0 aliphatic heterocycles. The first kappa shape index (κ1) is 15.9. The third kappa shape index (κ3) is 5.55. The molecular formula is C15H27N3O. The highest BCUT2D eigenvalue weighted by atomic mass is 16.1. The summed E-state index contributed by atoms with van der Waals surface area (Å²) in [5.74, 6) is 0.284. The Labute approximate surface area is 116 Å². The van der Waals surface area contributed by atoms with E-state index in [-0.39, 0.29) is 5.78 Å². The molecule has 108 valence electrons. The summed E-state index contributed by atoms with van der Waals surface area (Å²) in [6.45, 7) is 5.05. The Hall–Kier alpha value is -1.16. The average molecular weight is 265 g/mol. The molecule has 0 bridgehead atoms. The zero-order valence-electron chi connectivity index (χ0n) is 12.3. The number of nitrogens with zero attached hydrogens (tertiary/aromatic N) is 2. The molecule has 0 aromatic carbocycles. The zero-order chi connectivity index (χ0) is 14.1. The van der Waals surface area contributed by atoms with Crippen LogP contribution in [0.15, 0.2) is 12.3 Å². The van der Waals surface area contributed by atoms with Crippen molar-refractivity contribution in [2.75, 3.05) is 6.54 Å². The molecule has 0 atom stereocenters. The van der Waals surface area contributed by atoms with Crippen LogP contribution in [0.25, 0.3) is 0 Å². The van der Waals surface area contributed by atoms with Gasteiger partial charge in [-0.3, -0.25) is 9.48 Å². The molecule has 0 saturated carbocycles. The third-order valence-corrected chi connectivity index (χ3v) is 3.52. The summed E-state index contributed by atoms with van der Waals surface area (Å²) in [6, 6.07) is 2.42. The first-order chi connectivity index (χ1) is 9.21. The van der Waals surface area contributed by atoms with Gasteiger partial charge in [0.05, 0.1) is 18.2 Å². The minimum absolute atomic E-state index is 0.284. The fourth-order valence-corrected chi connectivity index (χ4v) is 2.27. The van der Waals surface area contributed by atoms with E-state index in [1.165, 1.54) is 0 Å². The van der Waals surface area contributed by atoms with Gasteiger partial charge in [0.1, 0.15) is 5.78 Å². The number of hydrogen-bond donors (Lipinski definition) is 1. The molecule has 1 aromatic heterocycles. The number of rotatable bonds is 10. The van der Waals surface area contributed by atoms with Crippen LogP contribution in [0.5, 0.6) is 0 Å². The molecule has 2 N–H and O–H groups in total. The summed E-state index contributed by atoms with van der Waals surface area (Å²) in [6.07, 6.45) is 8.27. The molecule has 0 saturated heterocycles. The number of hydrogen-bond acceptors (Lipinski definition) is 3. The van der Waals surface area contributed by atoms with Crippen molar-refractivity contribution >= 4 is 5.78 Å². The number of unbranched alkanes of at least 4 members (excludes halogenated alkanes) is 2. The minimum Gasteiger partial charge on any atom is -0.330 e. The van der Waals surface area contributed by atoms with Crippen LogP contribution in [0.2, 0.25) is 0 Å². The van der Waals surface area contributed by atoms with Crippen molar-refractivity contribution in [3.8, 4) is 0 Å². The van der Waals surface area contributed by atoms with Crippen LogP contribution < -0.4 is 5.73 Å². The van der Waals surface area contributed by atoms with Crippen molar-refractivity contribution < 1.29 is 4.79 Å². The number of ketones is 1. The van der Waals surface area contributed by atoms with Gasteiger partial charge in [0.15, 0.2) is 0 Å². The molecule has 1 aromatic rings. The van der Waals surface area contributed by atoms with Gasteiger partial charge in [-0.05, 0) is 38.3 Å². The Morgan fingerprint density at radius 3 is 2.68 bits per heavy atom. The van der Waals surface area contributed by atoms with Crippen molar-refractivity contribution in [2.45, 2.75) is 64.8 Å². The lowest BCUT2D eigenvalue weighted by Crippen LogP contribution is -2.09. The van der Waals surface area contributed by atoms with E-state index in [1.54, 1.807) is 0 Å². The van der Waals surface area contributed by atoms with E-state index < -0.39 is 0 Å². The maximum absolute atomic E-state index is 11.8. The molecule has 0 spiro atoms. The topological polar surface area (TPSA) is 60.9 Å². The van der Waals surface area contributed by atoms with Gasteiger partial charge in [-0.2, -0.15) is 5.10 Å². The first-order valence-electron chi connectivity index (χ1n) is 7.47. The quantitative estimate of drug-likeness (QED) is 0.662. The van der Waals surface area contributed by atoms with Gasteiger partial charge < -0.3 is 5.73 Å². The molecule has 4 heteroatoms. The SMILES string of the molecule is CCC(CC)n1ccc(CC(=O)CCCCCN)n1. The fourth-order valence-electron chi connectivity index (χ4n) is 2.27. The second-order valence-corrected chi connectivity index (χ2v) is 5.07. The molecule has 1 heterocycles. The molecule has 19 heavy (non-hydrogen) atoms. The molecule has 0 fully saturated rings. The van der Waals surface area contributed by atoms with Crippen molar-refractivity contribution in [3.05, 3.63) is 18.0 Å². The first-order valence-corrected chi connectivity index (χ1v) is 7.47. The standard InChI is InChI=1S/C15H27N3O/c1-3-14(4-2)18-11-9-13(17-18)12-15(19)8-6-5-7-10-16/h9,11,14H,3-8,10,12,16H2,1-2H3. The second-order valence-electron chi connectivity index (χ2n) is 5.07. The van der Waals surface area contributed by atoms with Crippen molar-refractivity contribution in [1.29, 1.82) is 0 Å². The zero-order valence-corrected chi connectivity index (χ0v) is 12.3. The van der Waals surface area contributed by atoms with E-state index in [9.17, 15) is 4.79 Å². The lowest BCUT2D eigenvalue weighted by atomic mass is 10.1. The molecular weight excluding hydrogens is 238 g/mol. The summed E-state index contributed by atoms with van der Waals surface area (Å²) in [7, 11) is 0. The maximum atomic E-state index is 11.8. The number of nitrogens with two attached hydrogens (primary N) is 1. The molecule has 1 rings (SSSR count). The van der Waals surface area contributed by atoms with Crippen LogP contribution in [0.3, 0.4) is 0 Å². The Bertz CT molecular complexity index is 369. The normalized spacial score (nSPS) is 11.2. The largest absolute Gasteiger partial charge is 0.330 e. The predicted molar refractivity (Wildman–Crippen MR) is 78.1 cm³/mol. The van der Waals surface area contributed by atoms with Crippen molar-refractivity contribution in [3.63, 3.8) is 0 Å². The number of carbonyl (C=O) groups is 1. The van der Waals surface area contributed by atoms with Crippen molar-refractivity contribution in [2.24, 2.45) is 5.73 Å². The Kier molecular flexibility index (Phi) is 7.41. The number of aromatic nitrogens is 2. The fraction of sp³-hybridized carbons (Fsp3) is 0.733.